The van der Waals surface area contributed by atoms with E-state index in [1.807, 2.05) is 12.2 Å². The van der Waals surface area contributed by atoms with Gasteiger partial charge in [-0.3, -0.25) is 0 Å². The van der Waals surface area contributed by atoms with Crippen molar-refractivity contribution < 1.29 is 0 Å². The van der Waals surface area contributed by atoms with Crippen LogP contribution in [0.3, 0.4) is 0 Å². The highest BCUT2D eigenvalue weighted by atomic mass is 14.6. The Hall–Kier alpha value is -1.04. The predicted octanol–water partition coefficient (Wildman–Crippen LogP) is 7.66. The van der Waals surface area contributed by atoms with Crippen LogP contribution in [-0.2, 0) is 0 Å². The number of unbranched alkanes of at least 4 members (excludes halogenated alkanes) is 1. The fourth-order valence-electron chi connectivity index (χ4n) is 4.86. The van der Waals surface area contributed by atoms with Crippen LogP contribution in [0, 0.1) is 36.0 Å². The molecule has 0 bridgehead atoms. The van der Waals surface area contributed by atoms with E-state index in [0.717, 1.165) is 24.2 Å². The lowest BCUT2D eigenvalue weighted by Gasteiger charge is -2.57. The summed E-state index contributed by atoms with van der Waals surface area (Å²) >= 11 is 0. The van der Waals surface area contributed by atoms with E-state index in [1.54, 1.807) is 5.57 Å². The maximum absolute atomic E-state index is 3.69. The summed E-state index contributed by atoms with van der Waals surface area (Å²) in [5, 5.41) is 0. The van der Waals surface area contributed by atoms with Crippen molar-refractivity contribution in [2.24, 2.45) is 23.2 Å². The van der Waals surface area contributed by atoms with E-state index < -0.39 is 0 Å². The molecule has 0 heteroatoms. The molecular formula is C25H38. The Morgan fingerprint density at radius 3 is 2.84 bits per heavy atom. The maximum Gasteiger partial charge on any atom is -0.0165 e. The van der Waals surface area contributed by atoms with Gasteiger partial charge in [0.15, 0.2) is 0 Å². The van der Waals surface area contributed by atoms with E-state index in [9.17, 15) is 0 Å². The molecule has 0 N–H and O–H groups in total. The van der Waals surface area contributed by atoms with E-state index in [4.69, 9.17) is 0 Å². The van der Waals surface area contributed by atoms with Crippen LogP contribution in [0.25, 0.3) is 0 Å². The van der Waals surface area contributed by atoms with Crippen LogP contribution in [0.2, 0.25) is 0 Å². The van der Waals surface area contributed by atoms with E-state index in [-0.39, 0.29) is 0 Å². The molecule has 0 nitrogen and oxygen atoms in total. The van der Waals surface area contributed by atoms with Gasteiger partial charge in [-0.05, 0) is 87.4 Å². The molecule has 2 aliphatic rings. The van der Waals surface area contributed by atoms with Crippen LogP contribution >= 0.6 is 0 Å². The third-order valence-corrected chi connectivity index (χ3v) is 7.02. The summed E-state index contributed by atoms with van der Waals surface area (Å²) in [7, 11) is 0. The first kappa shape index (κ1) is 20.3. The minimum absolute atomic E-state index is 0.551. The van der Waals surface area contributed by atoms with Crippen molar-refractivity contribution in [2.75, 3.05) is 0 Å². The number of rotatable bonds is 10. The van der Waals surface area contributed by atoms with Crippen molar-refractivity contribution in [3.63, 3.8) is 0 Å². The molecule has 1 fully saturated rings. The van der Waals surface area contributed by atoms with Crippen LogP contribution in [0.1, 0.15) is 72.1 Å². The van der Waals surface area contributed by atoms with E-state index in [1.165, 1.54) is 44.9 Å². The fourth-order valence-corrected chi connectivity index (χ4v) is 4.86. The summed E-state index contributed by atoms with van der Waals surface area (Å²) in [5.74, 6) is 2.64. The first-order valence-electron chi connectivity index (χ1n) is 10.4. The largest absolute Gasteiger partial charge is 0.0991 e. The average molecular weight is 339 g/mol. The van der Waals surface area contributed by atoms with Crippen molar-refractivity contribution in [3.8, 4) is 0 Å². The molecule has 1 saturated carbocycles. The Morgan fingerprint density at radius 1 is 1.32 bits per heavy atom. The van der Waals surface area contributed by atoms with Gasteiger partial charge >= 0.3 is 0 Å². The van der Waals surface area contributed by atoms with Gasteiger partial charge in [-0.1, -0.05) is 69.4 Å². The van der Waals surface area contributed by atoms with Crippen molar-refractivity contribution in [3.05, 3.63) is 61.4 Å². The molecule has 0 spiro atoms. The van der Waals surface area contributed by atoms with Crippen LogP contribution in [0.5, 0.6) is 0 Å². The van der Waals surface area contributed by atoms with Crippen molar-refractivity contribution in [1.29, 1.82) is 0 Å². The molecule has 2 aliphatic carbocycles. The molecule has 0 amide bonds. The minimum atomic E-state index is 0.551. The molecule has 138 valence electrons. The third-order valence-electron chi connectivity index (χ3n) is 7.02. The lowest BCUT2D eigenvalue weighted by atomic mass is 9.48. The summed E-state index contributed by atoms with van der Waals surface area (Å²) in [6.45, 7) is 11.3. The molecule has 0 heterocycles. The van der Waals surface area contributed by atoms with E-state index in [0.29, 0.717) is 5.41 Å². The average Bonchev–Trinajstić information content (AvgIpc) is 2.64. The molecular weight excluding hydrogens is 300 g/mol. The SMILES string of the molecule is C=C/C=C\C=C\CCCC1CC(C)C1(C)[C@@H](C)CCC1=C[CH]C[CH]C1. The molecule has 0 aromatic heterocycles. The minimum Gasteiger partial charge on any atom is -0.0991 e. The van der Waals surface area contributed by atoms with Gasteiger partial charge in [0.25, 0.3) is 0 Å². The van der Waals surface area contributed by atoms with Crippen molar-refractivity contribution >= 4 is 0 Å². The first-order valence-corrected chi connectivity index (χ1v) is 10.4. The molecule has 2 rings (SSSR count). The Labute approximate surface area is 157 Å². The van der Waals surface area contributed by atoms with Gasteiger partial charge in [-0.2, -0.15) is 0 Å². The highest BCUT2D eigenvalue weighted by molar-refractivity contribution is 5.17. The molecule has 2 radical (unpaired) electrons. The summed E-state index contributed by atoms with van der Waals surface area (Å²) in [4.78, 5) is 0. The van der Waals surface area contributed by atoms with E-state index in [2.05, 4.69) is 64.5 Å². The molecule has 0 aromatic carbocycles. The molecule has 25 heavy (non-hydrogen) atoms. The third kappa shape index (κ3) is 5.47. The topological polar surface area (TPSA) is 0 Å². The summed E-state index contributed by atoms with van der Waals surface area (Å²) in [6, 6.07) is 0. The Kier molecular flexibility index (Phi) is 8.27. The van der Waals surface area contributed by atoms with Crippen molar-refractivity contribution in [2.45, 2.75) is 72.1 Å². The van der Waals surface area contributed by atoms with Crippen LogP contribution < -0.4 is 0 Å². The molecule has 3 unspecified atom stereocenters. The smallest absolute Gasteiger partial charge is 0.0165 e. The van der Waals surface area contributed by atoms with Gasteiger partial charge in [0.2, 0.25) is 0 Å². The molecule has 0 aliphatic heterocycles. The monoisotopic (exact) mass is 338 g/mol. The lowest BCUT2D eigenvalue weighted by Crippen LogP contribution is -2.50. The lowest BCUT2D eigenvalue weighted by molar-refractivity contribution is -0.0803. The van der Waals surface area contributed by atoms with Gasteiger partial charge in [-0.25, -0.2) is 0 Å². The maximum atomic E-state index is 3.69. The fraction of sp³-hybridized carbons (Fsp3) is 0.600. The van der Waals surface area contributed by atoms with Gasteiger partial charge in [0.05, 0.1) is 0 Å². The second-order valence-electron chi connectivity index (χ2n) is 8.41. The second kappa shape index (κ2) is 10.2. The summed E-state index contributed by atoms with van der Waals surface area (Å²) in [6.07, 6.45) is 27.8. The quantitative estimate of drug-likeness (QED) is 0.283. The Bertz CT molecular complexity index is 492. The van der Waals surface area contributed by atoms with Crippen LogP contribution in [-0.4, -0.2) is 0 Å². The van der Waals surface area contributed by atoms with Crippen molar-refractivity contribution in [1.82, 2.24) is 0 Å². The zero-order chi connectivity index (χ0) is 18.1. The van der Waals surface area contributed by atoms with Crippen LogP contribution in [0.15, 0.2) is 48.6 Å². The zero-order valence-electron chi connectivity index (χ0n) is 16.7. The number of allylic oxidation sites excluding steroid dienone is 7. The second-order valence-corrected chi connectivity index (χ2v) is 8.41. The Balaban J connectivity index is 1.76. The predicted molar refractivity (Wildman–Crippen MR) is 112 cm³/mol. The molecule has 0 aromatic rings. The number of hydrogen-bond acceptors (Lipinski definition) is 0. The van der Waals surface area contributed by atoms with Gasteiger partial charge in [0.1, 0.15) is 0 Å². The zero-order valence-corrected chi connectivity index (χ0v) is 16.7. The summed E-state index contributed by atoms with van der Waals surface area (Å²) < 4.78 is 0. The van der Waals surface area contributed by atoms with Gasteiger partial charge in [0, 0.05) is 0 Å². The van der Waals surface area contributed by atoms with Gasteiger partial charge < -0.3 is 0 Å². The van der Waals surface area contributed by atoms with Crippen LogP contribution in [0.4, 0.5) is 0 Å². The normalized spacial score (nSPS) is 31.1. The van der Waals surface area contributed by atoms with E-state index >= 15 is 0 Å². The highest BCUT2D eigenvalue weighted by Crippen LogP contribution is 2.58. The molecule has 4 atom stereocenters. The highest BCUT2D eigenvalue weighted by Gasteiger charge is 2.50. The Morgan fingerprint density at radius 2 is 2.16 bits per heavy atom. The number of hydrogen-bond donors (Lipinski definition) is 0. The standard InChI is InChI=1S/C25H38/c1-5-6-7-8-9-10-14-17-24-20-22(3)25(24,4)21(2)18-19-23-15-12-11-13-16-23/h5-9,12-13,15,21-22,24H,1,10-11,14,16-20H2,2-4H3/b7-6-,9-8+/t21-,22?,24?,25?/m0/s1. The molecule has 0 saturated heterocycles. The first-order chi connectivity index (χ1) is 12.1. The van der Waals surface area contributed by atoms with Gasteiger partial charge in [-0.15, -0.1) is 0 Å². The summed E-state index contributed by atoms with van der Waals surface area (Å²) in [5.41, 5.74) is 2.19.